The third-order valence-electron chi connectivity index (χ3n) is 3.68. The lowest BCUT2D eigenvalue weighted by Crippen LogP contribution is -2.06. The van der Waals surface area contributed by atoms with E-state index in [4.69, 9.17) is 19.0 Å². The molecule has 0 bridgehead atoms. The molecule has 0 unspecified atom stereocenters. The smallest absolute Gasteiger partial charge is 0.383 e. The summed E-state index contributed by atoms with van der Waals surface area (Å²) < 4.78 is 15.8. The summed E-state index contributed by atoms with van der Waals surface area (Å²) in [6.45, 7) is 2.04. The number of aromatic hydroxyl groups is 1. The SMILES string of the molecule is CCCCCC/C=C/Oc1c(O)c2cccc(OCCO)c2oc1=O. The molecule has 0 aliphatic heterocycles. The Morgan fingerprint density at radius 1 is 1.24 bits per heavy atom. The zero-order valence-corrected chi connectivity index (χ0v) is 14.4. The molecule has 1 aromatic heterocycles. The highest BCUT2D eigenvalue weighted by atomic mass is 16.5. The van der Waals surface area contributed by atoms with Crippen molar-refractivity contribution in [2.45, 2.75) is 39.0 Å². The average Bonchev–Trinajstić information content (AvgIpc) is 2.61. The molecule has 2 aromatic rings. The highest BCUT2D eigenvalue weighted by Gasteiger charge is 2.17. The van der Waals surface area contributed by atoms with Crippen LogP contribution in [0.3, 0.4) is 0 Å². The summed E-state index contributed by atoms with van der Waals surface area (Å²) >= 11 is 0. The second kappa shape index (κ2) is 9.74. The van der Waals surface area contributed by atoms with Crippen LogP contribution in [0, 0.1) is 0 Å². The minimum Gasteiger partial charge on any atom is -0.504 e. The van der Waals surface area contributed by atoms with E-state index in [9.17, 15) is 9.90 Å². The van der Waals surface area contributed by atoms with Crippen molar-refractivity contribution in [3.05, 3.63) is 41.0 Å². The maximum absolute atomic E-state index is 12.1. The van der Waals surface area contributed by atoms with Crippen LogP contribution in [0.1, 0.15) is 39.0 Å². The summed E-state index contributed by atoms with van der Waals surface area (Å²) in [7, 11) is 0. The Labute approximate surface area is 146 Å². The molecule has 0 atom stereocenters. The van der Waals surface area contributed by atoms with E-state index in [2.05, 4.69) is 6.92 Å². The molecule has 0 spiro atoms. The highest BCUT2D eigenvalue weighted by molar-refractivity contribution is 5.89. The molecule has 2 N–H and O–H groups in total. The number of ether oxygens (including phenoxy) is 2. The van der Waals surface area contributed by atoms with Gasteiger partial charge < -0.3 is 24.1 Å². The van der Waals surface area contributed by atoms with Gasteiger partial charge in [-0.15, -0.1) is 0 Å². The summed E-state index contributed by atoms with van der Waals surface area (Å²) in [5, 5.41) is 19.5. The number of benzene rings is 1. The first-order valence-electron chi connectivity index (χ1n) is 8.53. The Hall–Kier alpha value is -2.47. The summed E-state index contributed by atoms with van der Waals surface area (Å²) in [6, 6.07) is 4.85. The lowest BCUT2D eigenvalue weighted by molar-refractivity contribution is 0.201. The Kier molecular flexibility index (Phi) is 7.35. The van der Waals surface area contributed by atoms with Crippen molar-refractivity contribution in [2.75, 3.05) is 13.2 Å². The second-order valence-corrected chi connectivity index (χ2v) is 5.61. The lowest BCUT2D eigenvalue weighted by Gasteiger charge is -2.09. The first-order valence-corrected chi connectivity index (χ1v) is 8.53. The fraction of sp³-hybridized carbons (Fsp3) is 0.421. The van der Waals surface area contributed by atoms with E-state index in [1.165, 1.54) is 19.1 Å². The number of fused-ring (bicyclic) bond motifs is 1. The van der Waals surface area contributed by atoms with Crippen LogP contribution in [0.4, 0.5) is 0 Å². The van der Waals surface area contributed by atoms with Crippen molar-refractivity contribution in [1.82, 2.24) is 0 Å². The van der Waals surface area contributed by atoms with E-state index in [-0.39, 0.29) is 36.0 Å². The predicted molar refractivity (Wildman–Crippen MR) is 95.3 cm³/mol. The molecule has 0 aliphatic rings. The first-order chi connectivity index (χ1) is 12.2. The highest BCUT2D eigenvalue weighted by Crippen LogP contribution is 2.35. The molecular weight excluding hydrogens is 324 g/mol. The minimum atomic E-state index is -0.791. The molecule has 0 amide bonds. The van der Waals surface area contributed by atoms with Crippen LogP contribution < -0.4 is 15.1 Å². The first kappa shape index (κ1) is 18.9. The van der Waals surface area contributed by atoms with Gasteiger partial charge in [0.05, 0.1) is 18.3 Å². The van der Waals surface area contributed by atoms with Gasteiger partial charge in [-0.1, -0.05) is 32.3 Å². The second-order valence-electron chi connectivity index (χ2n) is 5.61. The number of aliphatic hydroxyl groups excluding tert-OH is 1. The molecule has 0 saturated carbocycles. The van der Waals surface area contributed by atoms with Gasteiger partial charge in [0.2, 0.25) is 0 Å². The number of aliphatic hydroxyl groups is 1. The molecule has 6 heteroatoms. The molecule has 136 valence electrons. The number of hydrogen-bond donors (Lipinski definition) is 2. The third-order valence-corrected chi connectivity index (χ3v) is 3.68. The van der Waals surface area contributed by atoms with Crippen molar-refractivity contribution in [1.29, 1.82) is 0 Å². The standard InChI is InChI=1S/C19H24O6/c1-2-3-4-5-6-7-12-24-18-16(21)14-9-8-10-15(23-13-11-20)17(14)25-19(18)22/h7-10,12,20-21H,2-6,11,13H2,1H3/b12-7+. The number of para-hydroxylation sites is 1. The van der Waals surface area contributed by atoms with Crippen LogP contribution in [-0.2, 0) is 0 Å². The molecule has 0 saturated heterocycles. The largest absolute Gasteiger partial charge is 0.504 e. The zero-order valence-electron chi connectivity index (χ0n) is 14.4. The number of allylic oxidation sites excluding steroid dienone is 1. The van der Waals surface area contributed by atoms with Gasteiger partial charge in [0, 0.05) is 0 Å². The van der Waals surface area contributed by atoms with Crippen molar-refractivity contribution in [3.8, 4) is 17.2 Å². The van der Waals surface area contributed by atoms with Gasteiger partial charge in [-0.3, -0.25) is 0 Å². The Morgan fingerprint density at radius 2 is 2.08 bits per heavy atom. The molecule has 1 heterocycles. The van der Waals surface area contributed by atoms with Crippen molar-refractivity contribution < 1.29 is 24.1 Å². The maximum atomic E-state index is 12.1. The van der Waals surface area contributed by atoms with Gasteiger partial charge in [0.1, 0.15) is 6.61 Å². The molecule has 25 heavy (non-hydrogen) atoms. The fourth-order valence-electron chi connectivity index (χ4n) is 2.41. The van der Waals surface area contributed by atoms with Crippen LogP contribution in [0.5, 0.6) is 17.2 Å². The summed E-state index contributed by atoms with van der Waals surface area (Å²) in [5.41, 5.74) is -0.671. The van der Waals surface area contributed by atoms with E-state index in [1.807, 2.05) is 6.08 Å². The van der Waals surface area contributed by atoms with Gasteiger partial charge in [0.15, 0.2) is 17.1 Å². The predicted octanol–water partition coefficient (Wildman–Crippen LogP) is 3.73. The molecule has 0 aliphatic carbocycles. The van der Waals surface area contributed by atoms with Crippen LogP contribution >= 0.6 is 0 Å². The lowest BCUT2D eigenvalue weighted by atomic mass is 10.1. The monoisotopic (exact) mass is 348 g/mol. The molecular formula is C19H24O6. The minimum absolute atomic E-state index is 0.0581. The van der Waals surface area contributed by atoms with Crippen LogP contribution in [0.15, 0.2) is 39.7 Å². The van der Waals surface area contributed by atoms with Gasteiger partial charge in [-0.25, -0.2) is 4.79 Å². The van der Waals surface area contributed by atoms with E-state index >= 15 is 0 Å². The van der Waals surface area contributed by atoms with Crippen molar-refractivity contribution in [2.24, 2.45) is 0 Å². The zero-order chi connectivity index (χ0) is 18.1. The van der Waals surface area contributed by atoms with E-state index in [0.29, 0.717) is 5.39 Å². The Balaban J connectivity index is 2.16. The van der Waals surface area contributed by atoms with E-state index < -0.39 is 5.63 Å². The van der Waals surface area contributed by atoms with Gasteiger partial charge in [0.25, 0.3) is 5.75 Å². The molecule has 6 nitrogen and oxygen atoms in total. The van der Waals surface area contributed by atoms with Crippen molar-refractivity contribution >= 4 is 11.0 Å². The summed E-state index contributed by atoms with van der Waals surface area (Å²) in [5.74, 6) is -0.273. The van der Waals surface area contributed by atoms with Crippen LogP contribution in [-0.4, -0.2) is 23.4 Å². The topological polar surface area (TPSA) is 89.1 Å². The van der Waals surface area contributed by atoms with Crippen molar-refractivity contribution in [3.63, 3.8) is 0 Å². The number of unbranched alkanes of at least 4 members (excludes halogenated alkanes) is 4. The molecule has 2 rings (SSSR count). The number of rotatable bonds is 10. The molecule has 1 aromatic carbocycles. The average molecular weight is 348 g/mol. The summed E-state index contributed by atoms with van der Waals surface area (Å²) in [4.78, 5) is 12.1. The molecule has 0 fully saturated rings. The van der Waals surface area contributed by atoms with E-state index in [1.54, 1.807) is 18.2 Å². The van der Waals surface area contributed by atoms with Gasteiger partial charge in [-0.05, 0) is 31.1 Å². The Bertz CT molecular complexity index is 762. The van der Waals surface area contributed by atoms with Gasteiger partial charge >= 0.3 is 5.63 Å². The van der Waals surface area contributed by atoms with E-state index in [0.717, 1.165) is 19.3 Å². The number of hydrogen-bond acceptors (Lipinski definition) is 6. The fourth-order valence-corrected chi connectivity index (χ4v) is 2.41. The quantitative estimate of drug-likeness (QED) is 0.386. The molecule has 0 radical (unpaired) electrons. The van der Waals surface area contributed by atoms with Crippen LogP contribution in [0.25, 0.3) is 11.0 Å². The summed E-state index contributed by atoms with van der Waals surface area (Å²) in [6.07, 6.45) is 8.65. The van der Waals surface area contributed by atoms with Crippen LogP contribution in [0.2, 0.25) is 0 Å². The third kappa shape index (κ3) is 5.00. The van der Waals surface area contributed by atoms with Gasteiger partial charge in [-0.2, -0.15) is 0 Å². The Morgan fingerprint density at radius 3 is 2.84 bits per heavy atom. The normalized spacial score (nSPS) is 11.3. The maximum Gasteiger partial charge on any atom is 0.383 e.